The Morgan fingerprint density at radius 3 is 2.94 bits per heavy atom. The van der Waals surface area contributed by atoms with Gasteiger partial charge in [0.05, 0.1) is 11.2 Å². The zero-order chi connectivity index (χ0) is 11.6. The molecule has 0 spiro atoms. The smallest absolute Gasteiger partial charge is 0.304 e. The van der Waals surface area contributed by atoms with Crippen LogP contribution in [0.5, 0.6) is 0 Å². The van der Waals surface area contributed by atoms with Crippen LogP contribution in [0, 0.1) is 6.92 Å². The van der Waals surface area contributed by atoms with Crippen molar-refractivity contribution in [3.63, 3.8) is 0 Å². The summed E-state index contributed by atoms with van der Waals surface area (Å²) in [4.78, 5) is 19.2. The second-order valence-corrected chi connectivity index (χ2v) is 5.38. The van der Waals surface area contributed by atoms with E-state index in [2.05, 4.69) is 15.3 Å². The van der Waals surface area contributed by atoms with Crippen LogP contribution < -0.4 is 5.32 Å². The first-order valence-electron chi connectivity index (χ1n) is 5.01. The van der Waals surface area contributed by atoms with Gasteiger partial charge < -0.3 is 10.4 Å². The number of aliphatic carboxylic acids is 1. The molecule has 0 saturated carbocycles. The van der Waals surface area contributed by atoms with E-state index in [0.717, 1.165) is 5.69 Å². The third-order valence-corrected chi connectivity index (χ3v) is 3.69. The predicted octanol–water partition coefficient (Wildman–Crippen LogP) is 0.694. The molecule has 1 aliphatic rings. The van der Waals surface area contributed by atoms with E-state index in [1.54, 1.807) is 6.20 Å². The van der Waals surface area contributed by atoms with Gasteiger partial charge in [-0.1, -0.05) is 11.8 Å². The fraction of sp³-hybridized carbons (Fsp3) is 0.500. The van der Waals surface area contributed by atoms with Gasteiger partial charge in [0.1, 0.15) is 0 Å². The summed E-state index contributed by atoms with van der Waals surface area (Å²) in [6, 6.07) is 1.83. The highest BCUT2D eigenvalue weighted by atomic mass is 32.2. The first kappa shape index (κ1) is 11.3. The van der Waals surface area contributed by atoms with Crippen molar-refractivity contribution in [2.24, 2.45) is 0 Å². The molecule has 1 saturated heterocycles. The van der Waals surface area contributed by atoms with Crippen molar-refractivity contribution in [2.75, 3.05) is 13.1 Å². The maximum Gasteiger partial charge on any atom is 0.304 e. The van der Waals surface area contributed by atoms with E-state index in [9.17, 15) is 4.79 Å². The highest BCUT2D eigenvalue weighted by molar-refractivity contribution is 8.00. The maximum atomic E-state index is 10.8. The van der Waals surface area contributed by atoms with Crippen molar-refractivity contribution >= 4 is 17.7 Å². The minimum atomic E-state index is -0.776. The van der Waals surface area contributed by atoms with Gasteiger partial charge >= 0.3 is 5.97 Å². The lowest BCUT2D eigenvalue weighted by Gasteiger charge is -2.40. The molecular formula is C10H13N3O2S. The van der Waals surface area contributed by atoms with Gasteiger partial charge in [0, 0.05) is 25.0 Å². The molecule has 0 radical (unpaired) electrons. The number of aryl methyl sites for hydroxylation is 1. The van der Waals surface area contributed by atoms with Gasteiger partial charge in [-0.05, 0) is 13.0 Å². The number of hydrogen-bond acceptors (Lipinski definition) is 5. The van der Waals surface area contributed by atoms with Crippen molar-refractivity contribution in [1.82, 2.24) is 15.3 Å². The van der Waals surface area contributed by atoms with Gasteiger partial charge in [-0.3, -0.25) is 4.79 Å². The van der Waals surface area contributed by atoms with Gasteiger partial charge in [0.15, 0.2) is 5.16 Å². The number of aromatic nitrogens is 2. The number of hydrogen-bond donors (Lipinski definition) is 2. The molecule has 1 fully saturated rings. The highest BCUT2D eigenvalue weighted by Gasteiger charge is 2.41. The number of carboxylic acids is 1. The van der Waals surface area contributed by atoms with Crippen molar-refractivity contribution in [3.8, 4) is 0 Å². The maximum absolute atomic E-state index is 10.8. The minimum absolute atomic E-state index is 0.141. The summed E-state index contributed by atoms with van der Waals surface area (Å²) < 4.78 is -0.278. The average Bonchev–Trinajstić information content (AvgIpc) is 2.13. The van der Waals surface area contributed by atoms with Gasteiger partial charge in [0.25, 0.3) is 0 Å². The zero-order valence-electron chi connectivity index (χ0n) is 8.93. The van der Waals surface area contributed by atoms with Crippen LogP contribution in [0.2, 0.25) is 0 Å². The molecule has 0 bridgehead atoms. The molecule has 86 valence electrons. The molecule has 6 heteroatoms. The van der Waals surface area contributed by atoms with Crippen LogP contribution in [0.4, 0.5) is 0 Å². The topological polar surface area (TPSA) is 75.1 Å². The van der Waals surface area contributed by atoms with E-state index in [4.69, 9.17) is 5.11 Å². The fourth-order valence-electron chi connectivity index (χ4n) is 1.58. The molecule has 0 aromatic carbocycles. The normalized spacial score (nSPS) is 17.8. The molecule has 1 aromatic rings. The number of carboxylic acid groups (broad SMARTS) is 1. The van der Waals surface area contributed by atoms with Crippen LogP contribution in [0.25, 0.3) is 0 Å². The van der Waals surface area contributed by atoms with Gasteiger partial charge in [-0.15, -0.1) is 0 Å². The highest BCUT2D eigenvalue weighted by Crippen LogP contribution is 2.36. The van der Waals surface area contributed by atoms with Crippen LogP contribution in [0.1, 0.15) is 12.1 Å². The van der Waals surface area contributed by atoms with E-state index in [1.807, 2.05) is 13.0 Å². The van der Waals surface area contributed by atoms with Crippen molar-refractivity contribution in [1.29, 1.82) is 0 Å². The van der Waals surface area contributed by atoms with Crippen LogP contribution in [-0.2, 0) is 4.79 Å². The Morgan fingerprint density at radius 1 is 1.69 bits per heavy atom. The molecule has 0 amide bonds. The Balaban J connectivity index is 2.09. The Kier molecular flexibility index (Phi) is 3.11. The van der Waals surface area contributed by atoms with E-state index in [1.165, 1.54) is 11.8 Å². The quantitative estimate of drug-likeness (QED) is 0.753. The Labute approximate surface area is 97.7 Å². The molecule has 16 heavy (non-hydrogen) atoms. The summed E-state index contributed by atoms with van der Waals surface area (Å²) in [7, 11) is 0. The molecule has 2 N–H and O–H groups in total. The van der Waals surface area contributed by atoms with E-state index < -0.39 is 5.97 Å². The van der Waals surface area contributed by atoms with Crippen molar-refractivity contribution < 1.29 is 9.90 Å². The monoisotopic (exact) mass is 239 g/mol. The van der Waals surface area contributed by atoms with Crippen LogP contribution >= 0.6 is 11.8 Å². The summed E-state index contributed by atoms with van der Waals surface area (Å²) in [6.07, 6.45) is 1.84. The third-order valence-electron chi connectivity index (χ3n) is 2.45. The Morgan fingerprint density at radius 2 is 2.44 bits per heavy atom. The van der Waals surface area contributed by atoms with E-state index in [0.29, 0.717) is 18.2 Å². The fourth-order valence-corrected chi connectivity index (χ4v) is 2.82. The molecule has 0 aliphatic carbocycles. The molecule has 2 heterocycles. The predicted molar refractivity (Wildman–Crippen MR) is 60.5 cm³/mol. The first-order chi connectivity index (χ1) is 7.60. The van der Waals surface area contributed by atoms with Crippen molar-refractivity contribution in [2.45, 2.75) is 23.2 Å². The summed E-state index contributed by atoms with van der Waals surface area (Å²) in [5.74, 6) is -0.776. The lowest BCUT2D eigenvalue weighted by molar-refractivity contribution is -0.138. The summed E-state index contributed by atoms with van der Waals surface area (Å²) in [5.41, 5.74) is 0.898. The number of rotatable bonds is 4. The summed E-state index contributed by atoms with van der Waals surface area (Å²) in [6.45, 7) is 3.29. The lowest BCUT2D eigenvalue weighted by Crippen LogP contribution is -2.58. The standard InChI is InChI=1S/C10H13N3O2S/c1-7-2-3-12-9(13-7)16-10(4-8(14)15)5-11-6-10/h2-3,11H,4-6H2,1H3,(H,14,15). The molecule has 1 aromatic heterocycles. The molecule has 5 nitrogen and oxygen atoms in total. The molecule has 0 unspecified atom stereocenters. The number of nitrogens with zero attached hydrogens (tertiary/aromatic N) is 2. The lowest BCUT2D eigenvalue weighted by atomic mass is 9.98. The largest absolute Gasteiger partial charge is 0.481 e. The van der Waals surface area contributed by atoms with Gasteiger partial charge in [-0.2, -0.15) is 0 Å². The van der Waals surface area contributed by atoms with Gasteiger partial charge in [0.2, 0.25) is 0 Å². The number of nitrogens with one attached hydrogen (secondary N) is 1. The second kappa shape index (κ2) is 4.39. The first-order valence-corrected chi connectivity index (χ1v) is 5.82. The number of thioether (sulfide) groups is 1. The minimum Gasteiger partial charge on any atom is -0.481 e. The summed E-state index contributed by atoms with van der Waals surface area (Å²) >= 11 is 1.45. The van der Waals surface area contributed by atoms with E-state index in [-0.39, 0.29) is 11.2 Å². The molecule has 2 rings (SSSR count). The average molecular weight is 239 g/mol. The van der Waals surface area contributed by atoms with E-state index >= 15 is 0 Å². The Bertz CT molecular complexity index is 407. The summed E-state index contributed by atoms with van der Waals surface area (Å²) in [5, 5.41) is 12.6. The van der Waals surface area contributed by atoms with Gasteiger partial charge in [-0.25, -0.2) is 9.97 Å². The third kappa shape index (κ3) is 2.51. The zero-order valence-corrected chi connectivity index (χ0v) is 9.75. The second-order valence-electron chi connectivity index (χ2n) is 3.94. The SMILES string of the molecule is Cc1ccnc(SC2(CC(=O)O)CNC2)n1. The van der Waals surface area contributed by atoms with Crippen LogP contribution in [0.15, 0.2) is 17.4 Å². The molecular weight excluding hydrogens is 226 g/mol. The van der Waals surface area contributed by atoms with Crippen LogP contribution in [0.3, 0.4) is 0 Å². The van der Waals surface area contributed by atoms with Crippen LogP contribution in [-0.4, -0.2) is 38.9 Å². The number of carbonyl (C=O) groups is 1. The van der Waals surface area contributed by atoms with Crippen molar-refractivity contribution in [3.05, 3.63) is 18.0 Å². The Hall–Kier alpha value is -1.14. The molecule has 0 atom stereocenters. The molecule has 1 aliphatic heterocycles.